The monoisotopic (exact) mass is 272 g/mol. The zero-order valence-electron chi connectivity index (χ0n) is 8.03. The molecule has 1 aliphatic heterocycles. The second-order valence-electron chi connectivity index (χ2n) is 3.42. The van der Waals surface area contributed by atoms with Crippen molar-refractivity contribution in [2.24, 2.45) is 5.73 Å². The van der Waals surface area contributed by atoms with Crippen LogP contribution in [-0.4, -0.2) is 25.4 Å². The van der Waals surface area contributed by atoms with E-state index in [4.69, 9.17) is 5.73 Å². The predicted octanol–water partition coefficient (Wildman–Crippen LogP) is 2.32. The van der Waals surface area contributed by atoms with Crippen molar-refractivity contribution >= 4 is 33.4 Å². The Balaban J connectivity index is 2.38. The van der Waals surface area contributed by atoms with Crippen LogP contribution in [0.2, 0.25) is 0 Å². The number of likely N-dealkylation sites (N-methyl/N-ethyl adjacent to an activating group) is 1. The molecule has 0 bridgehead atoms. The van der Waals surface area contributed by atoms with Crippen LogP contribution in [0.5, 0.6) is 0 Å². The highest BCUT2D eigenvalue weighted by Gasteiger charge is 2.22. The van der Waals surface area contributed by atoms with Crippen LogP contribution in [0.3, 0.4) is 0 Å². The first kappa shape index (κ1) is 10.3. The van der Waals surface area contributed by atoms with Crippen molar-refractivity contribution < 1.29 is 0 Å². The minimum Gasteiger partial charge on any atom is -0.369 e. The molecule has 1 aliphatic rings. The molecule has 0 radical (unpaired) electrons. The van der Waals surface area contributed by atoms with Crippen molar-refractivity contribution in [1.82, 2.24) is 0 Å². The minimum absolute atomic E-state index is 0.460. The van der Waals surface area contributed by atoms with Gasteiger partial charge in [-0.25, -0.2) is 0 Å². The molecule has 0 saturated carbocycles. The van der Waals surface area contributed by atoms with Gasteiger partial charge in [0.05, 0.1) is 11.7 Å². The highest BCUT2D eigenvalue weighted by Crippen LogP contribution is 2.37. The standard InChI is InChI=1S/C10H13BrN2S/c1-13-8(5-12)6-14-10-3-2-7(11)4-9(10)13/h2-4,8H,5-6,12H2,1H3. The highest BCUT2D eigenvalue weighted by atomic mass is 79.9. The number of nitrogens with zero attached hydrogens (tertiary/aromatic N) is 1. The average molecular weight is 273 g/mol. The number of hydrogen-bond acceptors (Lipinski definition) is 3. The van der Waals surface area contributed by atoms with E-state index in [0.717, 1.165) is 16.8 Å². The van der Waals surface area contributed by atoms with Crippen LogP contribution in [0, 0.1) is 0 Å². The van der Waals surface area contributed by atoms with Gasteiger partial charge in [0.2, 0.25) is 0 Å². The number of nitrogens with two attached hydrogens (primary N) is 1. The van der Waals surface area contributed by atoms with E-state index < -0.39 is 0 Å². The Morgan fingerprint density at radius 2 is 2.43 bits per heavy atom. The van der Waals surface area contributed by atoms with E-state index in [0.29, 0.717) is 6.04 Å². The summed E-state index contributed by atoms with van der Waals surface area (Å²) >= 11 is 5.38. The summed E-state index contributed by atoms with van der Waals surface area (Å²) in [6, 6.07) is 6.86. The van der Waals surface area contributed by atoms with Crippen molar-refractivity contribution in [2.75, 3.05) is 24.2 Å². The SMILES string of the molecule is CN1c2cc(Br)ccc2SCC1CN. The topological polar surface area (TPSA) is 29.3 Å². The quantitative estimate of drug-likeness (QED) is 0.851. The summed E-state index contributed by atoms with van der Waals surface area (Å²) in [4.78, 5) is 3.62. The van der Waals surface area contributed by atoms with Gasteiger partial charge in [-0.05, 0) is 18.2 Å². The lowest BCUT2D eigenvalue weighted by Gasteiger charge is -2.34. The molecule has 1 aromatic rings. The predicted molar refractivity (Wildman–Crippen MR) is 66.1 cm³/mol. The van der Waals surface area contributed by atoms with Crippen LogP contribution in [0.25, 0.3) is 0 Å². The minimum atomic E-state index is 0.460. The van der Waals surface area contributed by atoms with E-state index in [1.807, 2.05) is 11.8 Å². The van der Waals surface area contributed by atoms with Gasteiger partial charge in [0.25, 0.3) is 0 Å². The van der Waals surface area contributed by atoms with Crippen LogP contribution in [0.15, 0.2) is 27.6 Å². The normalized spacial score (nSPS) is 20.8. The third kappa shape index (κ3) is 1.78. The fourth-order valence-corrected chi connectivity index (χ4v) is 3.20. The van der Waals surface area contributed by atoms with E-state index in [1.165, 1.54) is 10.6 Å². The summed E-state index contributed by atoms with van der Waals surface area (Å²) < 4.78 is 1.13. The van der Waals surface area contributed by atoms with Gasteiger partial charge in [-0.1, -0.05) is 15.9 Å². The number of hydrogen-bond donors (Lipinski definition) is 1. The number of thioether (sulfide) groups is 1. The Kier molecular flexibility index (Phi) is 3.04. The summed E-state index contributed by atoms with van der Waals surface area (Å²) in [6.45, 7) is 0.718. The van der Waals surface area contributed by atoms with E-state index in [1.54, 1.807) is 0 Å². The summed E-state index contributed by atoms with van der Waals surface area (Å²) in [5, 5.41) is 0. The molecule has 0 fully saturated rings. The molecule has 2 N–H and O–H groups in total. The van der Waals surface area contributed by atoms with Crippen molar-refractivity contribution in [3.05, 3.63) is 22.7 Å². The first-order chi connectivity index (χ1) is 6.72. The second-order valence-corrected chi connectivity index (χ2v) is 5.40. The average Bonchev–Trinajstić information content (AvgIpc) is 2.20. The second kappa shape index (κ2) is 4.13. The van der Waals surface area contributed by atoms with Crippen LogP contribution in [0.4, 0.5) is 5.69 Å². The molecule has 0 aromatic heterocycles. The van der Waals surface area contributed by atoms with Crippen LogP contribution < -0.4 is 10.6 Å². The number of fused-ring (bicyclic) bond motifs is 1. The van der Waals surface area contributed by atoms with Gasteiger partial charge in [0.1, 0.15) is 0 Å². The van der Waals surface area contributed by atoms with E-state index >= 15 is 0 Å². The zero-order chi connectivity index (χ0) is 10.1. The van der Waals surface area contributed by atoms with Gasteiger partial charge in [0, 0.05) is 28.7 Å². The van der Waals surface area contributed by atoms with E-state index in [2.05, 4.69) is 46.1 Å². The highest BCUT2D eigenvalue weighted by molar-refractivity contribution is 9.10. The lowest BCUT2D eigenvalue weighted by molar-refractivity contribution is 0.691. The third-order valence-corrected chi connectivity index (χ3v) is 4.25. The summed E-state index contributed by atoms with van der Waals surface area (Å²) in [7, 11) is 2.11. The Hall–Kier alpha value is -0.190. The molecular weight excluding hydrogens is 260 g/mol. The fraction of sp³-hybridized carbons (Fsp3) is 0.400. The third-order valence-electron chi connectivity index (χ3n) is 2.55. The Morgan fingerprint density at radius 3 is 3.14 bits per heavy atom. The van der Waals surface area contributed by atoms with Crippen LogP contribution in [-0.2, 0) is 0 Å². The van der Waals surface area contributed by atoms with Gasteiger partial charge in [-0.15, -0.1) is 11.8 Å². The molecule has 0 saturated heterocycles. The fourth-order valence-electron chi connectivity index (χ4n) is 1.61. The van der Waals surface area contributed by atoms with Crippen molar-refractivity contribution in [2.45, 2.75) is 10.9 Å². The van der Waals surface area contributed by atoms with Crippen molar-refractivity contribution in [3.63, 3.8) is 0 Å². The van der Waals surface area contributed by atoms with Gasteiger partial charge < -0.3 is 10.6 Å². The lowest BCUT2D eigenvalue weighted by Crippen LogP contribution is -2.42. The van der Waals surface area contributed by atoms with E-state index in [9.17, 15) is 0 Å². The van der Waals surface area contributed by atoms with Crippen LogP contribution in [0.1, 0.15) is 0 Å². The van der Waals surface area contributed by atoms with Crippen molar-refractivity contribution in [3.8, 4) is 0 Å². The molecule has 2 rings (SSSR count). The molecule has 1 unspecified atom stereocenters. The summed E-state index contributed by atoms with van der Waals surface area (Å²) in [5.74, 6) is 1.08. The van der Waals surface area contributed by atoms with Gasteiger partial charge >= 0.3 is 0 Å². The van der Waals surface area contributed by atoms with Crippen molar-refractivity contribution in [1.29, 1.82) is 0 Å². The summed E-state index contributed by atoms with van der Waals surface area (Å²) in [6.07, 6.45) is 0. The number of halogens is 1. The smallest absolute Gasteiger partial charge is 0.0516 e. The molecule has 0 amide bonds. The molecule has 2 nitrogen and oxygen atoms in total. The molecule has 1 atom stereocenters. The molecule has 4 heteroatoms. The lowest BCUT2D eigenvalue weighted by atomic mass is 10.2. The number of anilines is 1. The largest absolute Gasteiger partial charge is 0.369 e. The molecular formula is C10H13BrN2S. The van der Waals surface area contributed by atoms with Gasteiger partial charge in [-0.2, -0.15) is 0 Å². The molecule has 76 valence electrons. The number of benzene rings is 1. The number of rotatable bonds is 1. The maximum absolute atomic E-state index is 5.72. The molecule has 14 heavy (non-hydrogen) atoms. The Bertz CT molecular complexity index is 343. The zero-order valence-corrected chi connectivity index (χ0v) is 10.4. The first-order valence-electron chi connectivity index (χ1n) is 4.57. The maximum Gasteiger partial charge on any atom is 0.0516 e. The summed E-state index contributed by atoms with van der Waals surface area (Å²) in [5.41, 5.74) is 7.01. The van der Waals surface area contributed by atoms with Gasteiger partial charge in [0.15, 0.2) is 0 Å². The first-order valence-corrected chi connectivity index (χ1v) is 6.35. The van der Waals surface area contributed by atoms with Gasteiger partial charge in [-0.3, -0.25) is 0 Å². The Labute approximate surface area is 97.0 Å². The van der Waals surface area contributed by atoms with E-state index in [-0.39, 0.29) is 0 Å². The molecule has 1 heterocycles. The Morgan fingerprint density at radius 1 is 1.64 bits per heavy atom. The van der Waals surface area contributed by atoms with Crippen LogP contribution >= 0.6 is 27.7 Å². The maximum atomic E-state index is 5.72. The molecule has 0 spiro atoms. The molecule has 0 aliphatic carbocycles. The molecule has 1 aromatic carbocycles.